The molecule has 0 aliphatic carbocycles. The summed E-state index contributed by atoms with van der Waals surface area (Å²) in [7, 11) is 0. The van der Waals surface area contributed by atoms with Crippen LogP contribution in [-0.4, -0.2) is 11.7 Å². The summed E-state index contributed by atoms with van der Waals surface area (Å²) in [6.45, 7) is 1.05. The van der Waals surface area contributed by atoms with Crippen molar-refractivity contribution in [1.82, 2.24) is 5.32 Å². The molecular formula is C11H11BrClNO2S. The minimum absolute atomic E-state index is 0.467. The summed E-state index contributed by atoms with van der Waals surface area (Å²) in [6.07, 6.45) is -0.536. The second-order valence-corrected chi connectivity index (χ2v) is 6.02. The average molecular weight is 337 g/mol. The Hall–Kier alpha value is -0.330. The van der Waals surface area contributed by atoms with Crippen LogP contribution in [0.15, 0.2) is 33.4 Å². The smallest absolute Gasteiger partial charge is 0.169 e. The number of aliphatic hydroxyl groups excluding tert-OH is 1. The van der Waals surface area contributed by atoms with Crippen LogP contribution in [0.5, 0.6) is 0 Å². The van der Waals surface area contributed by atoms with E-state index in [9.17, 15) is 5.11 Å². The van der Waals surface area contributed by atoms with Crippen LogP contribution in [0.2, 0.25) is 4.34 Å². The normalized spacial score (nSPS) is 12.9. The molecular weight excluding hydrogens is 326 g/mol. The molecule has 0 spiro atoms. The van der Waals surface area contributed by atoms with Crippen LogP contribution >= 0.6 is 38.9 Å². The molecule has 1 atom stereocenters. The Morgan fingerprint density at radius 3 is 2.82 bits per heavy atom. The Morgan fingerprint density at radius 2 is 2.24 bits per heavy atom. The molecule has 0 radical (unpaired) electrons. The van der Waals surface area contributed by atoms with Crippen LogP contribution in [0.1, 0.15) is 16.7 Å². The SMILES string of the molecule is OC(CNCc1ccc(Br)o1)c1ccc(Cl)s1. The van der Waals surface area contributed by atoms with Gasteiger partial charge < -0.3 is 14.8 Å². The van der Waals surface area contributed by atoms with E-state index in [1.165, 1.54) is 11.3 Å². The zero-order valence-electron chi connectivity index (χ0n) is 8.82. The first kappa shape index (κ1) is 13.1. The van der Waals surface area contributed by atoms with Crippen LogP contribution in [-0.2, 0) is 6.54 Å². The highest BCUT2D eigenvalue weighted by Gasteiger charge is 2.10. The number of aliphatic hydroxyl groups is 1. The first-order chi connectivity index (χ1) is 8.15. The summed E-state index contributed by atoms with van der Waals surface area (Å²) < 4.78 is 6.73. The van der Waals surface area contributed by atoms with E-state index in [0.29, 0.717) is 22.1 Å². The highest BCUT2D eigenvalue weighted by molar-refractivity contribution is 9.10. The molecule has 2 heterocycles. The standard InChI is InChI=1S/C11H11BrClNO2S/c12-10-3-1-7(16-10)5-14-6-8(15)9-2-4-11(13)17-9/h1-4,8,14-15H,5-6H2. The van der Waals surface area contributed by atoms with Gasteiger partial charge in [-0.05, 0) is 40.2 Å². The van der Waals surface area contributed by atoms with Gasteiger partial charge in [0, 0.05) is 11.4 Å². The van der Waals surface area contributed by atoms with Crippen LogP contribution in [0.25, 0.3) is 0 Å². The van der Waals surface area contributed by atoms with E-state index >= 15 is 0 Å². The largest absolute Gasteiger partial charge is 0.453 e. The molecule has 0 saturated heterocycles. The molecule has 3 nitrogen and oxygen atoms in total. The Balaban J connectivity index is 1.78. The van der Waals surface area contributed by atoms with Gasteiger partial charge in [-0.3, -0.25) is 0 Å². The van der Waals surface area contributed by atoms with Crippen molar-refractivity contribution in [2.24, 2.45) is 0 Å². The van der Waals surface area contributed by atoms with E-state index in [-0.39, 0.29) is 0 Å². The highest BCUT2D eigenvalue weighted by Crippen LogP contribution is 2.26. The zero-order chi connectivity index (χ0) is 12.3. The van der Waals surface area contributed by atoms with Crippen LogP contribution in [0, 0.1) is 0 Å². The van der Waals surface area contributed by atoms with Crippen molar-refractivity contribution in [3.05, 3.63) is 43.9 Å². The molecule has 0 aromatic carbocycles. The van der Waals surface area contributed by atoms with Gasteiger partial charge in [0.05, 0.1) is 10.9 Å². The van der Waals surface area contributed by atoms with Gasteiger partial charge in [0.25, 0.3) is 0 Å². The van der Waals surface area contributed by atoms with Gasteiger partial charge in [-0.1, -0.05) is 11.6 Å². The molecule has 2 rings (SSSR count). The summed E-state index contributed by atoms with van der Waals surface area (Å²) >= 11 is 10.4. The van der Waals surface area contributed by atoms with E-state index in [2.05, 4.69) is 21.2 Å². The molecule has 2 aromatic heterocycles. The van der Waals surface area contributed by atoms with Crippen molar-refractivity contribution in [3.63, 3.8) is 0 Å². The zero-order valence-corrected chi connectivity index (χ0v) is 12.0. The summed E-state index contributed by atoms with van der Waals surface area (Å²) in [5.74, 6) is 0.827. The first-order valence-electron chi connectivity index (χ1n) is 5.03. The van der Waals surface area contributed by atoms with Gasteiger partial charge in [0.1, 0.15) is 11.9 Å². The molecule has 2 aromatic rings. The fourth-order valence-corrected chi connectivity index (χ4v) is 2.77. The summed E-state index contributed by atoms with van der Waals surface area (Å²) in [6, 6.07) is 7.34. The number of nitrogens with one attached hydrogen (secondary N) is 1. The van der Waals surface area contributed by atoms with Crippen molar-refractivity contribution in [2.75, 3.05) is 6.54 Å². The van der Waals surface area contributed by atoms with Gasteiger partial charge >= 0.3 is 0 Å². The quantitative estimate of drug-likeness (QED) is 0.877. The predicted octanol–water partition coefficient (Wildman–Crippen LogP) is 3.58. The maximum absolute atomic E-state index is 9.87. The van der Waals surface area contributed by atoms with Gasteiger partial charge in [0.2, 0.25) is 0 Å². The van der Waals surface area contributed by atoms with Crippen molar-refractivity contribution in [3.8, 4) is 0 Å². The van der Waals surface area contributed by atoms with Crippen molar-refractivity contribution >= 4 is 38.9 Å². The fraction of sp³-hybridized carbons (Fsp3) is 0.273. The second-order valence-electron chi connectivity index (χ2n) is 3.49. The molecule has 0 fully saturated rings. The molecule has 6 heteroatoms. The molecule has 0 aliphatic rings. The number of rotatable bonds is 5. The van der Waals surface area contributed by atoms with Crippen LogP contribution < -0.4 is 5.32 Å². The van der Waals surface area contributed by atoms with E-state index in [0.717, 1.165) is 10.6 Å². The number of thiophene rings is 1. The third-order valence-electron chi connectivity index (χ3n) is 2.19. The van der Waals surface area contributed by atoms with Gasteiger partial charge in [-0.15, -0.1) is 11.3 Å². The van der Waals surface area contributed by atoms with Crippen molar-refractivity contribution < 1.29 is 9.52 Å². The number of hydrogen-bond donors (Lipinski definition) is 2. The summed E-state index contributed by atoms with van der Waals surface area (Å²) in [5, 5.41) is 13.0. The van der Waals surface area contributed by atoms with Gasteiger partial charge in [0.15, 0.2) is 4.67 Å². The Kier molecular flexibility index (Phi) is 4.64. The molecule has 0 amide bonds. The lowest BCUT2D eigenvalue weighted by Gasteiger charge is -2.08. The fourth-order valence-electron chi connectivity index (χ4n) is 1.39. The van der Waals surface area contributed by atoms with Crippen LogP contribution in [0.3, 0.4) is 0 Å². The van der Waals surface area contributed by atoms with E-state index in [1.807, 2.05) is 18.2 Å². The Bertz CT molecular complexity index is 485. The third kappa shape index (κ3) is 3.82. The highest BCUT2D eigenvalue weighted by atomic mass is 79.9. The molecule has 2 N–H and O–H groups in total. The Labute approximate surface area is 117 Å². The minimum Gasteiger partial charge on any atom is -0.453 e. The molecule has 0 bridgehead atoms. The number of halogens is 2. The predicted molar refractivity (Wildman–Crippen MR) is 72.4 cm³/mol. The Morgan fingerprint density at radius 1 is 1.41 bits per heavy atom. The van der Waals surface area contributed by atoms with Gasteiger partial charge in [-0.2, -0.15) is 0 Å². The van der Waals surface area contributed by atoms with Gasteiger partial charge in [-0.25, -0.2) is 0 Å². The number of hydrogen-bond acceptors (Lipinski definition) is 4. The maximum atomic E-state index is 9.87. The maximum Gasteiger partial charge on any atom is 0.169 e. The van der Waals surface area contributed by atoms with E-state index in [4.69, 9.17) is 16.0 Å². The average Bonchev–Trinajstić information content (AvgIpc) is 2.88. The molecule has 0 saturated carbocycles. The molecule has 1 unspecified atom stereocenters. The van der Waals surface area contributed by atoms with E-state index in [1.54, 1.807) is 6.07 Å². The lowest BCUT2D eigenvalue weighted by Crippen LogP contribution is -2.20. The monoisotopic (exact) mass is 335 g/mol. The third-order valence-corrected chi connectivity index (χ3v) is 3.95. The summed E-state index contributed by atoms with van der Waals surface area (Å²) in [5.41, 5.74) is 0. The van der Waals surface area contributed by atoms with Crippen molar-refractivity contribution in [2.45, 2.75) is 12.6 Å². The minimum atomic E-state index is -0.536. The summed E-state index contributed by atoms with van der Waals surface area (Å²) in [4.78, 5) is 0.864. The molecule has 92 valence electrons. The second kappa shape index (κ2) is 6.02. The molecule has 17 heavy (non-hydrogen) atoms. The lowest BCUT2D eigenvalue weighted by molar-refractivity contribution is 0.177. The molecule has 0 aliphatic heterocycles. The topological polar surface area (TPSA) is 45.4 Å². The first-order valence-corrected chi connectivity index (χ1v) is 7.02. The number of furan rings is 1. The van der Waals surface area contributed by atoms with Crippen molar-refractivity contribution in [1.29, 1.82) is 0 Å². The van der Waals surface area contributed by atoms with Crippen LogP contribution in [0.4, 0.5) is 0 Å². The van der Waals surface area contributed by atoms with E-state index < -0.39 is 6.10 Å². The lowest BCUT2D eigenvalue weighted by atomic mass is 10.3.